The topological polar surface area (TPSA) is 62.5 Å². The van der Waals surface area contributed by atoms with E-state index in [-0.39, 0.29) is 23.3 Å². The molecule has 0 radical (unpaired) electrons. The lowest BCUT2D eigenvalue weighted by atomic mass is 10.1. The molecule has 1 aromatic carbocycles. The molecule has 0 unspecified atom stereocenters. The van der Waals surface area contributed by atoms with E-state index in [0.717, 1.165) is 37.8 Å². The van der Waals surface area contributed by atoms with E-state index < -0.39 is 11.7 Å². The van der Waals surface area contributed by atoms with Crippen LogP contribution >= 0.6 is 0 Å². The predicted molar refractivity (Wildman–Crippen MR) is 98.6 cm³/mol. The number of halogens is 3. The molecule has 9 heteroatoms. The van der Waals surface area contributed by atoms with Gasteiger partial charge in [-0.15, -0.1) is 0 Å². The molecule has 156 valence electrons. The van der Waals surface area contributed by atoms with Crippen molar-refractivity contribution < 1.29 is 22.5 Å². The molecule has 4 rings (SSSR count). The van der Waals surface area contributed by atoms with Gasteiger partial charge in [0.1, 0.15) is 0 Å². The molecule has 0 atom stereocenters. The first kappa shape index (κ1) is 19.9. The Morgan fingerprint density at radius 3 is 2.55 bits per heavy atom. The summed E-state index contributed by atoms with van der Waals surface area (Å²) < 4.78 is 43.8. The number of benzene rings is 1. The minimum Gasteiger partial charge on any atom is -0.340 e. The Balaban J connectivity index is 1.34. The van der Waals surface area contributed by atoms with Crippen LogP contribution in [0.3, 0.4) is 0 Å². The molecule has 2 aromatic rings. The van der Waals surface area contributed by atoms with Gasteiger partial charge >= 0.3 is 6.18 Å². The van der Waals surface area contributed by atoms with E-state index in [4.69, 9.17) is 4.52 Å². The van der Waals surface area contributed by atoms with Gasteiger partial charge in [0, 0.05) is 37.7 Å². The summed E-state index contributed by atoms with van der Waals surface area (Å²) in [5.74, 6) is 0.955. The number of carbonyl (C=O) groups excluding carboxylic acids is 1. The quantitative estimate of drug-likeness (QED) is 0.774. The van der Waals surface area contributed by atoms with Crippen molar-refractivity contribution in [2.75, 3.05) is 26.2 Å². The number of aromatic nitrogens is 2. The zero-order valence-electron chi connectivity index (χ0n) is 16.0. The molecule has 1 amide bonds. The van der Waals surface area contributed by atoms with Crippen molar-refractivity contribution in [3.63, 3.8) is 0 Å². The van der Waals surface area contributed by atoms with Crippen molar-refractivity contribution >= 4 is 5.91 Å². The van der Waals surface area contributed by atoms with Crippen LogP contribution in [0.15, 0.2) is 28.8 Å². The molecule has 2 fully saturated rings. The molecule has 0 N–H and O–H groups in total. The maximum Gasteiger partial charge on any atom is 0.416 e. The van der Waals surface area contributed by atoms with Crippen molar-refractivity contribution in [2.24, 2.45) is 5.92 Å². The Labute approximate surface area is 166 Å². The van der Waals surface area contributed by atoms with Crippen LogP contribution in [0.25, 0.3) is 11.5 Å². The summed E-state index contributed by atoms with van der Waals surface area (Å²) in [6, 6.07) is 4.85. The van der Waals surface area contributed by atoms with Crippen molar-refractivity contribution in [1.29, 1.82) is 0 Å². The second kappa shape index (κ2) is 8.14. The van der Waals surface area contributed by atoms with Gasteiger partial charge in [0.2, 0.25) is 5.91 Å². The van der Waals surface area contributed by atoms with E-state index in [9.17, 15) is 18.0 Å². The molecule has 1 aromatic heterocycles. The van der Waals surface area contributed by atoms with E-state index >= 15 is 0 Å². The average molecular weight is 408 g/mol. The number of hydrogen-bond acceptors (Lipinski definition) is 5. The molecule has 1 aliphatic carbocycles. The second-order valence-electron chi connectivity index (χ2n) is 7.68. The molecule has 0 spiro atoms. The van der Waals surface area contributed by atoms with Gasteiger partial charge in [0.05, 0.1) is 12.1 Å². The van der Waals surface area contributed by atoms with Crippen molar-refractivity contribution in [3.05, 3.63) is 35.7 Å². The predicted octanol–water partition coefficient (Wildman–Crippen LogP) is 3.59. The first-order valence-electron chi connectivity index (χ1n) is 9.91. The zero-order valence-corrected chi connectivity index (χ0v) is 16.0. The number of rotatable bonds is 4. The maximum atomic E-state index is 12.9. The third-order valence-corrected chi connectivity index (χ3v) is 5.66. The highest BCUT2D eigenvalue weighted by Crippen LogP contribution is 2.32. The van der Waals surface area contributed by atoms with Gasteiger partial charge in [-0.05, 0) is 31.0 Å². The van der Waals surface area contributed by atoms with Gasteiger partial charge in [0.25, 0.3) is 5.89 Å². The smallest absolute Gasteiger partial charge is 0.340 e. The minimum atomic E-state index is -4.42. The van der Waals surface area contributed by atoms with Gasteiger partial charge in [-0.25, -0.2) is 0 Å². The van der Waals surface area contributed by atoms with Crippen molar-refractivity contribution in [3.8, 4) is 11.5 Å². The monoisotopic (exact) mass is 408 g/mol. The van der Waals surface area contributed by atoms with Crippen LogP contribution in [0.4, 0.5) is 13.2 Å². The Hall–Kier alpha value is -2.42. The fraction of sp³-hybridized carbons (Fsp3) is 0.550. The zero-order chi connectivity index (χ0) is 20.4. The largest absolute Gasteiger partial charge is 0.416 e. The molecule has 1 saturated carbocycles. The first-order chi connectivity index (χ1) is 13.9. The number of piperazine rings is 1. The number of amides is 1. The van der Waals surface area contributed by atoms with Gasteiger partial charge in [-0.3, -0.25) is 9.69 Å². The van der Waals surface area contributed by atoms with Gasteiger partial charge in [-0.2, -0.15) is 18.2 Å². The van der Waals surface area contributed by atoms with Crippen LogP contribution in [-0.2, 0) is 17.5 Å². The summed E-state index contributed by atoms with van der Waals surface area (Å²) in [6.45, 7) is 3.22. The summed E-state index contributed by atoms with van der Waals surface area (Å²) in [4.78, 5) is 20.8. The molecular weight excluding hydrogens is 385 g/mol. The summed E-state index contributed by atoms with van der Waals surface area (Å²) in [7, 11) is 0. The lowest BCUT2D eigenvalue weighted by Crippen LogP contribution is -2.49. The summed E-state index contributed by atoms with van der Waals surface area (Å²) in [6.07, 6.45) is -0.139. The highest BCUT2D eigenvalue weighted by atomic mass is 19.4. The Kier molecular flexibility index (Phi) is 5.58. The van der Waals surface area contributed by atoms with Gasteiger partial charge in [0.15, 0.2) is 5.82 Å². The SMILES string of the molecule is O=C(C1CCCC1)N1CCN(Cc2noc(-c3cccc(C(F)(F)F)c3)n2)CC1. The Bertz CT molecular complexity index is 853. The second-order valence-corrected chi connectivity index (χ2v) is 7.68. The highest BCUT2D eigenvalue weighted by molar-refractivity contribution is 5.79. The van der Waals surface area contributed by atoms with E-state index in [1.165, 1.54) is 12.1 Å². The fourth-order valence-electron chi connectivity index (χ4n) is 4.02. The average Bonchev–Trinajstić information content (AvgIpc) is 3.40. The number of hydrogen-bond donors (Lipinski definition) is 0. The van der Waals surface area contributed by atoms with Gasteiger partial charge in [-0.1, -0.05) is 24.1 Å². The molecule has 0 bridgehead atoms. The first-order valence-corrected chi connectivity index (χ1v) is 9.91. The molecule has 1 saturated heterocycles. The van der Waals surface area contributed by atoms with Crippen molar-refractivity contribution in [2.45, 2.75) is 38.4 Å². The number of carbonyl (C=O) groups is 1. The maximum absolute atomic E-state index is 12.9. The fourth-order valence-corrected chi connectivity index (χ4v) is 4.02. The molecule has 2 heterocycles. The molecule has 6 nitrogen and oxygen atoms in total. The number of alkyl halides is 3. The Morgan fingerprint density at radius 1 is 1.14 bits per heavy atom. The van der Waals surface area contributed by atoms with Crippen molar-refractivity contribution in [1.82, 2.24) is 19.9 Å². The van der Waals surface area contributed by atoms with Crippen LogP contribution in [0.1, 0.15) is 37.1 Å². The normalized spacial score (nSPS) is 19.1. The van der Waals surface area contributed by atoms with Crippen LogP contribution in [-0.4, -0.2) is 52.0 Å². The van der Waals surface area contributed by atoms with Crippen LogP contribution in [0.5, 0.6) is 0 Å². The van der Waals surface area contributed by atoms with Crippen LogP contribution in [0.2, 0.25) is 0 Å². The summed E-state index contributed by atoms with van der Waals surface area (Å²) in [5.41, 5.74) is -0.511. The van der Waals surface area contributed by atoms with Crippen LogP contribution < -0.4 is 0 Å². The Morgan fingerprint density at radius 2 is 1.86 bits per heavy atom. The molecule has 1 aliphatic heterocycles. The standard InChI is InChI=1S/C20H23F3N4O2/c21-20(22,23)16-7-3-6-15(12-16)18-24-17(25-29-18)13-26-8-10-27(11-9-26)19(28)14-4-1-2-5-14/h3,6-7,12,14H,1-2,4-5,8-11,13H2. The molecule has 2 aliphatic rings. The third-order valence-electron chi connectivity index (χ3n) is 5.66. The van der Waals surface area contributed by atoms with Gasteiger partial charge < -0.3 is 9.42 Å². The van der Waals surface area contributed by atoms with E-state index in [1.807, 2.05) is 4.90 Å². The highest BCUT2D eigenvalue weighted by Gasteiger charge is 2.31. The van der Waals surface area contributed by atoms with E-state index in [1.54, 1.807) is 0 Å². The van der Waals surface area contributed by atoms with E-state index in [0.29, 0.717) is 38.5 Å². The van der Waals surface area contributed by atoms with Crippen LogP contribution in [0, 0.1) is 5.92 Å². The van der Waals surface area contributed by atoms with E-state index in [2.05, 4.69) is 15.0 Å². The lowest BCUT2D eigenvalue weighted by Gasteiger charge is -2.35. The summed E-state index contributed by atoms with van der Waals surface area (Å²) >= 11 is 0. The third kappa shape index (κ3) is 4.60. The minimum absolute atomic E-state index is 0.0705. The summed E-state index contributed by atoms with van der Waals surface area (Å²) in [5, 5.41) is 3.91. The lowest BCUT2D eigenvalue weighted by molar-refractivity contribution is -0.138. The molecular formula is C20H23F3N4O2. The molecule has 29 heavy (non-hydrogen) atoms. The number of nitrogens with zero attached hydrogens (tertiary/aromatic N) is 4.